The normalized spacial score (nSPS) is 18.8. The fraction of sp³-hybridized carbons (Fsp3) is 0.185. The summed E-state index contributed by atoms with van der Waals surface area (Å²) in [5, 5.41) is 9.22. The van der Waals surface area contributed by atoms with Gasteiger partial charge in [-0.15, -0.1) is 0 Å². The van der Waals surface area contributed by atoms with Crippen molar-refractivity contribution in [3.8, 4) is 5.75 Å². The van der Waals surface area contributed by atoms with E-state index in [2.05, 4.69) is 10.3 Å². The fourth-order valence-corrected chi connectivity index (χ4v) is 5.34. The molecule has 2 aliphatic rings. The highest BCUT2D eigenvalue weighted by Gasteiger charge is 2.39. The number of amides is 2. The molecular formula is C27H21ClF2N4O3S. The van der Waals surface area contributed by atoms with Gasteiger partial charge in [-0.05, 0) is 47.5 Å². The number of halogens is 3. The monoisotopic (exact) mass is 554 g/mol. The van der Waals surface area contributed by atoms with Crippen LogP contribution in [0.15, 0.2) is 76.8 Å². The summed E-state index contributed by atoms with van der Waals surface area (Å²) < 4.78 is 31.9. The van der Waals surface area contributed by atoms with E-state index in [9.17, 15) is 18.4 Å². The molecule has 0 radical (unpaired) electrons. The number of rotatable bonds is 6. The van der Waals surface area contributed by atoms with Crippen molar-refractivity contribution in [3.63, 3.8) is 0 Å². The van der Waals surface area contributed by atoms with Crippen molar-refractivity contribution in [2.24, 2.45) is 10.1 Å². The van der Waals surface area contributed by atoms with E-state index in [-0.39, 0.29) is 18.2 Å². The minimum absolute atomic E-state index is 0.0989. The second-order valence-corrected chi connectivity index (χ2v) is 10.2. The molecule has 0 aliphatic carbocycles. The highest BCUT2D eigenvalue weighted by atomic mass is 35.5. The van der Waals surface area contributed by atoms with Crippen molar-refractivity contribution < 1.29 is 23.1 Å². The Balaban J connectivity index is 1.34. The first-order valence-corrected chi connectivity index (χ1v) is 12.9. The lowest BCUT2D eigenvalue weighted by Crippen LogP contribution is -2.25. The number of benzene rings is 3. The smallest absolute Gasteiger partial charge is 0.262 e. The molecule has 11 heteroatoms. The average Bonchev–Trinajstić information content (AvgIpc) is 3.50. The molecule has 38 heavy (non-hydrogen) atoms. The van der Waals surface area contributed by atoms with Gasteiger partial charge in [0, 0.05) is 29.6 Å². The van der Waals surface area contributed by atoms with Gasteiger partial charge in [-0.3, -0.25) is 9.59 Å². The highest BCUT2D eigenvalue weighted by molar-refractivity contribution is 8.15. The molecule has 3 aromatic rings. The number of methoxy groups -OCH3 is 1. The van der Waals surface area contributed by atoms with E-state index in [4.69, 9.17) is 21.4 Å². The maximum Gasteiger partial charge on any atom is 0.262 e. The van der Waals surface area contributed by atoms with Gasteiger partial charge in [0.2, 0.25) is 5.91 Å². The van der Waals surface area contributed by atoms with E-state index in [0.717, 1.165) is 40.7 Å². The lowest BCUT2D eigenvalue weighted by Gasteiger charge is -2.23. The number of anilines is 1. The van der Waals surface area contributed by atoms with Crippen LogP contribution < -0.4 is 10.1 Å². The Morgan fingerprint density at radius 2 is 1.84 bits per heavy atom. The van der Waals surface area contributed by atoms with Crippen LogP contribution in [0.25, 0.3) is 0 Å². The molecule has 2 amide bonds. The number of aliphatic imine (C=N–C) groups is 1. The SMILES string of the molecule is COc1ccc([C@H]2CC(c3ccc(Cl)cc3)=NN2C2=NC(=O)[C@@H](CC(=O)Nc3ccc(F)c(F)c3)S2)cc1. The second-order valence-electron chi connectivity index (χ2n) is 8.61. The summed E-state index contributed by atoms with van der Waals surface area (Å²) in [5.41, 5.74) is 2.75. The fourth-order valence-electron chi connectivity index (χ4n) is 4.15. The Morgan fingerprint density at radius 3 is 2.53 bits per heavy atom. The second kappa shape index (κ2) is 10.9. The molecule has 0 unspecified atom stereocenters. The Morgan fingerprint density at radius 1 is 1.11 bits per heavy atom. The number of hydrogen-bond acceptors (Lipinski definition) is 6. The predicted octanol–water partition coefficient (Wildman–Crippen LogP) is 5.80. The van der Waals surface area contributed by atoms with Crippen molar-refractivity contribution in [1.29, 1.82) is 0 Å². The Bertz CT molecular complexity index is 1450. The first-order valence-electron chi connectivity index (χ1n) is 11.6. The third-order valence-electron chi connectivity index (χ3n) is 6.09. The third-order valence-corrected chi connectivity index (χ3v) is 7.48. The molecule has 0 saturated heterocycles. The quantitative estimate of drug-likeness (QED) is 0.416. The van der Waals surface area contributed by atoms with Crippen LogP contribution in [-0.4, -0.2) is 40.1 Å². The number of hydrogen-bond donors (Lipinski definition) is 1. The summed E-state index contributed by atoms with van der Waals surface area (Å²) in [7, 11) is 1.59. The third kappa shape index (κ3) is 5.56. The molecule has 3 aromatic carbocycles. The molecule has 0 spiro atoms. The zero-order valence-corrected chi connectivity index (χ0v) is 21.6. The van der Waals surface area contributed by atoms with Crippen LogP contribution in [0.3, 0.4) is 0 Å². The van der Waals surface area contributed by atoms with Gasteiger partial charge in [-0.2, -0.15) is 10.1 Å². The standard InChI is InChI=1S/C27H21ClF2N4O3S/c1-37-19-9-4-16(5-10-19)23-13-22(15-2-6-17(28)7-3-15)33-34(23)27-32-26(36)24(38-27)14-25(35)31-18-8-11-20(29)21(30)12-18/h2-12,23-24H,13-14H2,1H3,(H,31,35)/t23-,24-/m1/s1. The number of carbonyl (C=O) groups is 2. The van der Waals surface area contributed by atoms with Crippen molar-refractivity contribution in [3.05, 3.63) is 94.5 Å². The van der Waals surface area contributed by atoms with Crippen LogP contribution in [0.1, 0.15) is 30.0 Å². The van der Waals surface area contributed by atoms with Gasteiger partial charge in [-0.1, -0.05) is 47.6 Å². The summed E-state index contributed by atoms with van der Waals surface area (Å²) in [6.07, 6.45) is 0.368. The van der Waals surface area contributed by atoms with Crippen molar-refractivity contribution in [2.75, 3.05) is 12.4 Å². The first kappa shape index (κ1) is 25.9. The van der Waals surface area contributed by atoms with Gasteiger partial charge in [0.15, 0.2) is 16.8 Å². The van der Waals surface area contributed by atoms with Gasteiger partial charge >= 0.3 is 0 Å². The average molecular weight is 555 g/mol. The van der Waals surface area contributed by atoms with E-state index in [1.807, 2.05) is 36.4 Å². The summed E-state index contributed by atoms with van der Waals surface area (Å²) >= 11 is 7.20. The van der Waals surface area contributed by atoms with Crippen molar-refractivity contribution >= 4 is 51.7 Å². The summed E-state index contributed by atoms with van der Waals surface area (Å²) in [6.45, 7) is 0. The van der Waals surface area contributed by atoms with Gasteiger partial charge in [0.25, 0.3) is 5.91 Å². The molecule has 7 nitrogen and oxygen atoms in total. The molecule has 2 atom stereocenters. The number of thioether (sulfide) groups is 1. The summed E-state index contributed by atoms with van der Waals surface area (Å²) in [4.78, 5) is 29.5. The van der Waals surface area contributed by atoms with Gasteiger partial charge < -0.3 is 10.1 Å². The number of hydrazone groups is 1. The zero-order chi connectivity index (χ0) is 26.8. The van der Waals surface area contributed by atoms with Crippen LogP contribution >= 0.6 is 23.4 Å². The van der Waals surface area contributed by atoms with E-state index in [1.54, 1.807) is 24.3 Å². The lowest BCUT2D eigenvalue weighted by atomic mass is 9.98. The van der Waals surface area contributed by atoms with Gasteiger partial charge in [0.1, 0.15) is 11.0 Å². The molecule has 0 fully saturated rings. The van der Waals surface area contributed by atoms with E-state index < -0.39 is 28.7 Å². The van der Waals surface area contributed by atoms with Crippen LogP contribution in [0.2, 0.25) is 5.02 Å². The maximum atomic E-state index is 13.5. The van der Waals surface area contributed by atoms with Crippen LogP contribution in [-0.2, 0) is 9.59 Å². The van der Waals surface area contributed by atoms with Crippen LogP contribution in [0, 0.1) is 11.6 Å². The molecular weight excluding hydrogens is 534 g/mol. The zero-order valence-electron chi connectivity index (χ0n) is 20.0. The Kier molecular flexibility index (Phi) is 7.44. The van der Waals surface area contributed by atoms with E-state index in [1.165, 1.54) is 6.07 Å². The number of ether oxygens (including phenoxy) is 1. The lowest BCUT2D eigenvalue weighted by molar-refractivity contribution is -0.121. The van der Waals surface area contributed by atoms with Crippen molar-refractivity contribution in [1.82, 2.24) is 5.01 Å². The topological polar surface area (TPSA) is 83.4 Å². The molecule has 2 heterocycles. The van der Waals surface area contributed by atoms with Crippen LogP contribution in [0.4, 0.5) is 14.5 Å². The summed E-state index contributed by atoms with van der Waals surface area (Å²) in [6, 6.07) is 17.7. The molecule has 5 rings (SSSR count). The van der Waals surface area contributed by atoms with Gasteiger partial charge in [0.05, 0.1) is 18.9 Å². The van der Waals surface area contributed by atoms with E-state index >= 15 is 0 Å². The maximum absolute atomic E-state index is 13.5. The van der Waals surface area contributed by atoms with Crippen LogP contribution in [0.5, 0.6) is 5.75 Å². The molecule has 1 N–H and O–H groups in total. The highest BCUT2D eigenvalue weighted by Crippen LogP contribution is 2.39. The van der Waals surface area contributed by atoms with Gasteiger partial charge in [-0.25, -0.2) is 13.8 Å². The first-order chi connectivity index (χ1) is 18.3. The number of amidine groups is 1. The van der Waals surface area contributed by atoms with E-state index in [0.29, 0.717) is 22.4 Å². The van der Waals surface area contributed by atoms with Crippen molar-refractivity contribution in [2.45, 2.75) is 24.1 Å². The molecule has 0 saturated carbocycles. The predicted molar refractivity (Wildman–Crippen MR) is 144 cm³/mol. The Hall–Kier alpha value is -3.76. The number of nitrogens with zero attached hydrogens (tertiary/aromatic N) is 3. The Labute approximate surface area is 226 Å². The number of carbonyl (C=O) groups excluding carboxylic acids is 2. The molecule has 2 aliphatic heterocycles. The molecule has 0 aromatic heterocycles. The minimum atomic E-state index is -1.08. The molecule has 194 valence electrons. The number of nitrogens with one attached hydrogen (secondary N) is 1. The minimum Gasteiger partial charge on any atom is -0.497 e. The molecule has 0 bridgehead atoms. The summed E-state index contributed by atoms with van der Waals surface area (Å²) in [5.74, 6) is -2.36. The largest absolute Gasteiger partial charge is 0.497 e.